The first-order chi connectivity index (χ1) is 8.00. The first-order valence-corrected chi connectivity index (χ1v) is 6.42. The van der Waals surface area contributed by atoms with E-state index in [1.54, 1.807) is 14.2 Å². The van der Waals surface area contributed by atoms with Gasteiger partial charge in [-0.2, -0.15) is 0 Å². The normalized spacial score (nSPS) is 16.8. The summed E-state index contributed by atoms with van der Waals surface area (Å²) in [6.07, 6.45) is 2.39. The molecule has 1 fully saturated rings. The fourth-order valence-electron chi connectivity index (χ4n) is 2.09. The highest BCUT2D eigenvalue weighted by molar-refractivity contribution is 9.10. The van der Waals surface area contributed by atoms with Gasteiger partial charge in [0.15, 0.2) is 0 Å². The molecular formula is C13H17BrO3. The van der Waals surface area contributed by atoms with Crippen molar-refractivity contribution in [1.29, 1.82) is 0 Å². The Morgan fingerprint density at radius 2 is 1.88 bits per heavy atom. The summed E-state index contributed by atoms with van der Waals surface area (Å²) < 4.78 is 11.6. The summed E-state index contributed by atoms with van der Waals surface area (Å²) in [4.78, 5) is 0. The summed E-state index contributed by atoms with van der Waals surface area (Å²) in [5.41, 5.74) is 1.55. The van der Waals surface area contributed by atoms with E-state index in [-0.39, 0.29) is 0 Å². The van der Waals surface area contributed by atoms with Crippen LogP contribution in [-0.4, -0.2) is 24.9 Å². The minimum absolute atomic E-state index is 0.520. The lowest BCUT2D eigenvalue weighted by Gasteiger charge is -2.17. The Hall–Kier alpha value is -0.740. The maximum absolute atomic E-state index is 10.0. The molecule has 0 unspecified atom stereocenters. The van der Waals surface area contributed by atoms with Crippen LogP contribution in [0.5, 0.6) is 11.5 Å². The van der Waals surface area contributed by atoms with Gasteiger partial charge >= 0.3 is 0 Å². The number of halogens is 1. The highest BCUT2D eigenvalue weighted by Crippen LogP contribution is 2.45. The molecule has 0 saturated heterocycles. The Morgan fingerprint density at radius 3 is 2.35 bits per heavy atom. The second kappa shape index (κ2) is 4.50. The third-order valence-electron chi connectivity index (χ3n) is 3.19. The number of methoxy groups -OCH3 is 2. The van der Waals surface area contributed by atoms with E-state index in [9.17, 15) is 5.11 Å². The number of hydrogen-bond acceptors (Lipinski definition) is 3. The molecule has 0 heterocycles. The standard InChI is InChI=1S/C13H17BrO3/c1-8-6-9(7-13(15)4-5-13)12(17-3)10(14)11(8)16-2/h6,15H,4-5,7H2,1-3H3. The van der Waals surface area contributed by atoms with Crippen molar-refractivity contribution in [3.05, 3.63) is 21.7 Å². The number of benzene rings is 1. The predicted molar refractivity (Wildman–Crippen MR) is 69.9 cm³/mol. The largest absolute Gasteiger partial charge is 0.495 e. The van der Waals surface area contributed by atoms with Crippen molar-refractivity contribution in [3.8, 4) is 11.5 Å². The molecule has 4 heteroatoms. The molecule has 0 aromatic heterocycles. The van der Waals surface area contributed by atoms with Gasteiger partial charge in [0.05, 0.1) is 19.8 Å². The van der Waals surface area contributed by atoms with Gasteiger partial charge in [-0.05, 0) is 52.9 Å². The number of aryl methyl sites for hydroxylation is 1. The zero-order valence-corrected chi connectivity index (χ0v) is 11.9. The second-order valence-electron chi connectivity index (χ2n) is 4.63. The van der Waals surface area contributed by atoms with Crippen LogP contribution >= 0.6 is 15.9 Å². The van der Waals surface area contributed by atoms with Gasteiger partial charge in [-0.3, -0.25) is 0 Å². The topological polar surface area (TPSA) is 38.7 Å². The zero-order valence-electron chi connectivity index (χ0n) is 10.3. The van der Waals surface area contributed by atoms with Crippen LogP contribution in [0.1, 0.15) is 24.0 Å². The first-order valence-electron chi connectivity index (χ1n) is 5.63. The highest BCUT2D eigenvalue weighted by Gasteiger charge is 2.41. The minimum Gasteiger partial charge on any atom is -0.495 e. The second-order valence-corrected chi connectivity index (χ2v) is 5.43. The number of hydrogen-bond donors (Lipinski definition) is 1. The Labute approximate surface area is 110 Å². The maximum Gasteiger partial charge on any atom is 0.140 e. The van der Waals surface area contributed by atoms with E-state index in [0.29, 0.717) is 6.42 Å². The number of aliphatic hydroxyl groups is 1. The lowest BCUT2D eigenvalue weighted by Crippen LogP contribution is -2.12. The average molecular weight is 301 g/mol. The summed E-state index contributed by atoms with van der Waals surface area (Å²) in [6.45, 7) is 1.99. The molecule has 0 atom stereocenters. The van der Waals surface area contributed by atoms with Crippen LogP contribution in [-0.2, 0) is 6.42 Å². The van der Waals surface area contributed by atoms with E-state index in [2.05, 4.69) is 15.9 Å². The monoisotopic (exact) mass is 300 g/mol. The Morgan fingerprint density at radius 1 is 1.29 bits per heavy atom. The molecule has 0 aliphatic heterocycles. The molecule has 3 nitrogen and oxygen atoms in total. The van der Waals surface area contributed by atoms with E-state index in [4.69, 9.17) is 9.47 Å². The molecule has 1 aromatic carbocycles. The van der Waals surface area contributed by atoms with Gasteiger partial charge in [0.2, 0.25) is 0 Å². The lowest BCUT2D eigenvalue weighted by atomic mass is 10.0. The molecule has 0 spiro atoms. The van der Waals surface area contributed by atoms with Crippen molar-refractivity contribution in [3.63, 3.8) is 0 Å². The van der Waals surface area contributed by atoms with Crippen molar-refractivity contribution in [2.75, 3.05) is 14.2 Å². The zero-order chi connectivity index (χ0) is 12.6. The van der Waals surface area contributed by atoms with E-state index in [1.807, 2.05) is 13.0 Å². The van der Waals surface area contributed by atoms with Gasteiger partial charge in [0.25, 0.3) is 0 Å². The molecule has 1 aromatic rings. The Kier molecular flexibility index (Phi) is 3.36. The van der Waals surface area contributed by atoms with Gasteiger partial charge in [-0.1, -0.05) is 0 Å². The molecule has 2 rings (SSSR count). The van der Waals surface area contributed by atoms with Gasteiger partial charge in [-0.15, -0.1) is 0 Å². The lowest BCUT2D eigenvalue weighted by molar-refractivity contribution is 0.150. The smallest absolute Gasteiger partial charge is 0.140 e. The van der Waals surface area contributed by atoms with Gasteiger partial charge < -0.3 is 14.6 Å². The number of ether oxygens (including phenoxy) is 2. The summed E-state index contributed by atoms with van der Waals surface area (Å²) >= 11 is 3.50. The van der Waals surface area contributed by atoms with Gasteiger partial charge in [-0.25, -0.2) is 0 Å². The highest BCUT2D eigenvalue weighted by atomic mass is 79.9. The van der Waals surface area contributed by atoms with Crippen LogP contribution in [0.3, 0.4) is 0 Å². The molecular weight excluding hydrogens is 284 g/mol. The summed E-state index contributed by atoms with van der Waals surface area (Å²) in [5, 5.41) is 10.0. The van der Waals surface area contributed by atoms with Crippen LogP contribution in [0.15, 0.2) is 10.5 Å². The average Bonchev–Trinajstić information content (AvgIpc) is 2.96. The molecule has 1 N–H and O–H groups in total. The molecule has 1 aliphatic rings. The van der Waals surface area contributed by atoms with E-state index in [1.165, 1.54) is 0 Å². The molecule has 94 valence electrons. The Bertz CT molecular complexity index is 439. The third kappa shape index (κ3) is 2.43. The van der Waals surface area contributed by atoms with Crippen LogP contribution in [0, 0.1) is 6.92 Å². The van der Waals surface area contributed by atoms with Crippen LogP contribution in [0.25, 0.3) is 0 Å². The van der Waals surface area contributed by atoms with Gasteiger partial charge in [0.1, 0.15) is 16.0 Å². The first kappa shape index (κ1) is 12.7. The van der Waals surface area contributed by atoms with E-state index >= 15 is 0 Å². The summed E-state index contributed by atoms with van der Waals surface area (Å²) in [5.74, 6) is 1.54. The fraction of sp³-hybridized carbons (Fsp3) is 0.538. The van der Waals surface area contributed by atoms with Crippen molar-refractivity contribution in [1.82, 2.24) is 0 Å². The molecule has 17 heavy (non-hydrogen) atoms. The summed E-state index contributed by atoms with van der Waals surface area (Å²) in [7, 11) is 3.27. The predicted octanol–water partition coefficient (Wildman–Crippen LogP) is 2.84. The van der Waals surface area contributed by atoms with Crippen molar-refractivity contribution < 1.29 is 14.6 Å². The van der Waals surface area contributed by atoms with Gasteiger partial charge in [0, 0.05) is 6.42 Å². The third-order valence-corrected chi connectivity index (χ3v) is 3.91. The minimum atomic E-state index is -0.520. The molecule has 0 radical (unpaired) electrons. The van der Waals surface area contributed by atoms with Crippen LogP contribution in [0.4, 0.5) is 0 Å². The Balaban J connectivity index is 2.44. The van der Waals surface area contributed by atoms with E-state index < -0.39 is 5.60 Å². The number of rotatable bonds is 4. The fourth-order valence-corrected chi connectivity index (χ4v) is 2.98. The van der Waals surface area contributed by atoms with Crippen molar-refractivity contribution in [2.45, 2.75) is 31.8 Å². The van der Waals surface area contributed by atoms with Crippen molar-refractivity contribution in [2.24, 2.45) is 0 Å². The quantitative estimate of drug-likeness (QED) is 0.929. The van der Waals surface area contributed by atoms with Crippen LogP contribution < -0.4 is 9.47 Å². The SMILES string of the molecule is COc1c(C)cc(CC2(O)CC2)c(OC)c1Br. The molecule has 1 saturated carbocycles. The van der Waals surface area contributed by atoms with Crippen molar-refractivity contribution >= 4 is 15.9 Å². The van der Waals surface area contributed by atoms with E-state index in [0.717, 1.165) is 39.9 Å². The molecule has 0 bridgehead atoms. The summed E-state index contributed by atoms with van der Waals surface area (Å²) in [6, 6.07) is 2.03. The maximum atomic E-state index is 10.0. The molecule has 0 amide bonds. The van der Waals surface area contributed by atoms with Crippen LogP contribution in [0.2, 0.25) is 0 Å². The molecule has 1 aliphatic carbocycles.